The van der Waals surface area contributed by atoms with Crippen LogP contribution in [0.25, 0.3) is 0 Å². The first-order chi connectivity index (χ1) is 10.5. The lowest BCUT2D eigenvalue weighted by molar-refractivity contribution is 0.0945. The van der Waals surface area contributed by atoms with Gasteiger partial charge in [-0.2, -0.15) is 0 Å². The molecule has 0 aliphatic rings. The van der Waals surface area contributed by atoms with Crippen LogP contribution < -0.4 is 14.8 Å². The Morgan fingerprint density at radius 1 is 1.18 bits per heavy atom. The van der Waals surface area contributed by atoms with E-state index in [-0.39, 0.29) is 11.3 Å². The van der Waals surface area contributed by atoms with Gasteiger partial charge in [0.25, 0.3) is 5.91 Å². The molecule has 1 aromatic carbocycles. The summed E-state index contributed by atoms with van der Waals surface area (Å²) in [6.45, 7) is 4.79. The second kappa shape index (κ2) is 6.83. The number of carbonyl (C=O) groups is 1. The first-order valence-electron chi connectivity index (χ1n) is 7.01. The van der Waals surface area contributed by atoms with Crippen molar-refractivity contribution in [2.24, 2.45) is 0 Å². The SMILES string of the molecule is COc1cc(OC)cc(C(=O)NCC(C)(C)c2cccs2)c1. The van der Waals surface area contributed by atoms with E-state index >= 15 is 0 Å². The topological polar surface area (TPSA) is 47.6 Å². The highest BCUT2D eigenvalue weighted by atomic mass is 32.1. The molecule has 0 atom stereocenters. The zero-order valence-corrected chi connectivity index (χ0v) is 14.1. The fraction of sp³-hybridized carbons (Fsp3) is 0.353. The van der Waals surface area contributed by atoms with Crippen LogP contribution in [0.3, 0.4) is 0 Å². The van der Waals surface area contributed by atoms with Crippen LogP contribution >= 0.6 is 11.3 Å². The van der Waals surface area contributed by atoms with Crippen molar-refractivity contribution in [3.8, 4) is 11.5 Å². The second-order valence-corrected chi connectivity index (χ2v) is 6.59. The molecule has 0 aliphatic carbocycles. The molecule has 2 rings (SSSR count). The summed E-state index contributed by atoms with van der Waals surface area (Å²) in [6, 6.07) is 9.26. The zero-order valence-electron chi connectivity index (χ0n) is 13.3. The van der Waals surface area contributed by atoms with Crippen molar-refractivity contribution in [3.05, 3.63) is 46.2 Å². The van der Waals surface area contributed by atoms with E-state index in [2.05, 4.69) is 25.2 Å². The van der Waals surface area contributed by atoms with Crippen LogP contribution in [0, 0.1) is 0 Å². The highest BCUT2D eigenvalue weighted by Gasteiger charge is 2.23. The lowest BCUT2D eigenvalue weighted by Gasteiger charge is -2.23. The van der Waals surface area contributed by atoms with Gasteiger partial charge in [-0.15, -0.1) is 11.3 Å². The van der Waals surface area contributed by atoms with Crippen molar-refractivity contribution in [2.75, 3.05) is 20.8 Å². The summed E-state index contributed by atoms with van der Waals surface area (Å²) in [5.74, 6) is 1.06. The summed E-state index contributed by atoms with van der Waals surface area (Å²) in [5.41, 5.74) is 0.422. The van der Waals surface area contributed by atoms with Gasteiger partial charge in [0, 0.05) is 28.5 Å². The molecule has 1 amide bonds. The van der Waals surface area contributed by atoms with Crippen LogP contribution in [0.2, 0.25) is 0 Å². The van der Waals surface area contributed by atoms with Crippen molar-refractivity contribution < 1.29 is 14.3 Å². The molecule has 1 heterocycles. The Labute approximate surface area is 135 Å². The van der Waals surface area contributed by atoms with Gasteiger partial charge in [0.2, 0.25) is 0 Å². The lowest BCUT2D eigenvalue weighted by Crippen LogP contribution is -2.36. The minimum absolute atomic E-state index is 0.104. The predicted octanol–water partition coefficient (Wildman–Crippen LogP) is 3.47. The number of ether oxygens (including phenoxy) is 2. The number of hydrogen-bond donors (Lipinski definition) is 1. The maximum Gasteiger partial charge on any atom is 0.251 e. The first kappa shape index (κ1) is 16.4. The van der Waals surface area contributed by atoms with E-state index in [1.807, 2.05) is 11.4 Å². The van der Waals surface area contributed by atoms with Gasteiger partial charge in [0.05, 0.1) is 14.2 Å². The Balaban J connectivity index is 2.09. The van der Waals surface area contributed by atoms with Crippen LogP contribution in [0.4, 0.5) is 0 Å². The van der Waals surface area contributed by atoms with Gasteiger partial charge in [-0.25, -0.2) is 0 Å². The summed E-state index contributed by atoms with van der Waals surface area (Å²) in [6.07, 6.45) is 0. The Kier molecular flexibility index (Phi) is 5.08. The van der Waals surface area contributed by atoms with Crippen LogP contribution in [0.15, 0.2) is 35.7 Å². The van der Waals surface area contributed by atoms with Crippen LogP contribution in [-0.4, -0.2) is 26.7 Å². The van der Waals surface area contributed by atoms with Crippen LogP contribution in [0.1, 0.15) is 29.1 Å². The summed E-state index contributed by atoms with van der Waals surface area (Å²) < 4.78 is 10.4. The van der Waals surface area contributed by atoms with Crippen molar-refractivity contribution >= 4 is 17.2 Å². The van der Waals surface area contributed by atoms with E-state index < -0.39 is 0 Å². The number of rotatable bonds is 6. The highest BCUT2D eigenvalue weighted by Crippen LogP contribution is 2.27. The summed E-state index contributed by atoms with van der Waals surface area (Å²) >= 11 is 1.70. The third-order valence-electron chi connectivity index (χ3n) is 3.49. The Morgan fingerprint density at radius 2 is 1.82 bits per heavy atom. The molecule has 1 N–H and O–H groups in total. The molecule has 0 spiro atoms. The average molecular weight is 319 g/mol. The quantitative estimate of drug-likeness (QED) is 0.887. The molecular formula is C17H21NO3S. The number of amides is 1. The molecule has 4 nitrogen and oxygen atoms in total. The van der Waals surface area contributed by atoms with Crippen LogP contribution in [-0.2, 0) is 5.41 Å². The van der Waals surface area contributed by atoms with Gasteiger partial charge in [0.15, 0.2) is 0 Å². The van der Waals surface area contributed by atoms with Crippen molar-refractivity contribution in [1.29, 1.82) is 0 Å². The molecule has 5 heteroatoms. The van der Waals surface area contributed by atoms with Crippen LogP contribution in [0.5, 0.6) is 11.5 Å². The number of methoxy groups -OCH3 is 2. The molecule has 2 aromatic rings. The first-order valence-corrected chi connectivity index (χ1v) is 7.89. The number of carbonyl (C=O) groups excluding carboxylic acids is 1. The van der Waals surface area contributed by atoms with E-state index in [4.69, 9.17) is 9.47 Å². The fourth-order valence-corrected chi connectivity index (χ4v) is 2.94. The molecule has 0 aliphatic heterocycles. The van der Waals surface area contributed by atoms with Crippen molar-refractivity contribution in [1.82, 2.24) is 5.32 Å². The molecule has 0 unspecified atom stereocenters. The van der Waals surface area contributed by atoms with Gasteiger partial charge in [-0.3, -0.25) is 4.79 Å². The molecule has 0 bridgehead atoms. The van der Waals surface area contributed by atoms with Gasteiger partial charge in [-0.1, -0.05) is 19.9 Å². The standard InChI is InChI=1S/C17H21NO3S/c1-17(2,15-6-5-7-22-15)11-18-16(19)12-8-13(20-3)10-14(9-12)21-4/h5-10H,11H2,1-4H3,(H,18,19). The van der Waals surface area contributed by atoms with Gasteiger partial charge >= 0.3 is 0 Å². The zero-order chi connectivity index (χ0) is 16.2. The molecule has 1 aromatic heterocycles. The van der Waals surface area contributed by atoms with Gasteiger partial charge in [-0.05, 0) is 23.6 Å². The maximum atomic E-state index is 12.4. The van der Waals surface area contributed by atoms with Crippen molar-refractivity contribution in [3.63, 3.8) is 0 Å². The smallest absolute Gasteiger partial charge is 0.251 e. The summed E-state index contributed by atoms with van der Waals surface area (Å²) in [4.78, 5) is 13.6. The molecule has 0 radical (unpaired) electrons. The molecule has 0 saturated carbocycles. The lowest BCUT2D eigenvalue weighted by atomic mass is 9.91. The normalized spacial score (nSPS) is 11.1. The Bertz CT molecular complexity index is 613. The van der Waals surface area contributed by atoms with E-state index in [1.54, 1.807) is 43.8 Å². The molecule has 22 heavy (non-hydrogen) atoms. The van der Waals surface area contributed by atoms with Gasteiger partial charge in [0.1, 0.15) is 11.5 Å². The minimum Gasteiger partial charge on any atom is -0.497 e. The monoisotopic (exact) mass is 319 g/mol. The average Bonchev–Trinajstić information content (AvgIpc) is 3.07. The number of thiophene rings is 1. The van der Waals surface area contributed by atoms with E-state index in [0.717, 1.165) is 0 Å². The molecule has 0 saturated heterocycles. The number of nitrogens with one attached hydrogen (secondary N) is 1. The van der Waals surface area contributed by atoms with Gasteiger partial charge < -0.3 is 14.8 Å². The van der Waals surface area contributed by atoms with Crippen molar-refractivity contribution in [2.45, 2.75) is 19.3 Å². The minimum atomic E-state index is -0.137. The third kappa shape index (κ3) is 3.80. The number of benzene rings is 1. The van der Waals surface area contributed by atoms with E-state index in [9.17, 15) is 4.79 Å². The maximum absolute atomic E-state index is 12.4. The molecular weight excluding hydrogens is 298 g/mol. The fourth-order valence-electron chi connectivity index (χ4n) is 2.09. The molecule has 118 valence electrons. The Hall–Kier alpha value is -2.01. The number of hydrogen-bond acceptors (Lipinski definition) is 4. The largest absolute Gasteiger partial charge is 0.497 e. The second-order valence-electron chi connectivity index (χ2n) is 5.65. The van der Waals surface area contributed by atoms with E-state index in [0.29, 0.717) is 23.6 Å². The molecule has 0 fully saturated rings. The Morgan fingerprint density at radius 3 is 2.32 bits per heavy atom. The third-order valence-corrected chi connectivity index (χ3v) is 4.73. The van der Waals surface area contributed by atoms with E-state index in [1.165, 1.54) is 4.88 Å². The highest BCUT2D eigenvalue weighted by molar-refractivity contribution is 7.10. The summed E-state index contributed by atoms with van der Waals surface area (Å²) in [7, 11) is 3.13. The summed E-state index contributed by atoms with van der Waals surface area (Å²) in [5, 5.41) is 5.03. The predicted molar refractivity (Wildman–Crippen MR) is 89.2 cm³/mol.